The van der Waals surface area contributed by atoms with Crippen molar-refractivity contribution in [1.29, 1.82) is 0 Å². The first-order valence-corrected chi connectivity index (χ1v) is 12.7. The van der Waals surface area contributed by atoms with E-state index in [-0.39, 0.29) is 30.0 Å². The molecule has 0 bridgehead atoms. The van der Waals surface area contributed by atoms with Crippen molar-refractivity contribution in [3.8, 4) is 5.75 Å². The largest absolute Gasteiger partial charge is 0.491 e. The number of likely N-dealkylation sites (N-methyl/N-ethyl adjacent to an activating group) is 1. The Hall–Kier alpha value is -3.10. The summed E-state index contributed by atoms with van der Waals surface area (Å²) in [5.41, 5.74) is 2.26. The second-order valence-electron chi connectivity index (χ2n) is 9.60. The molecule has 8 heteroatoms. The standard InChI is InChI=1S/C28H40N4O4/c1-6-14-29-28(34)30-23-12-13-24-25(15-23)36-19-21(3)32(17-22-10-8-7-9-11-22)16-20(2)26(35-5)18-31(4)27(24)33/h7-13,15,20-21,26H,6,14,16-19H2,1-5H3,(H2,29,30,34)/t20-,21+,26-/m1/s1. The molecule has 0 fully saturated rings. The van der Waals surface area contributed by atoms with Gasteiger partial charge in [-0.05, 0) is 37.0 Å². The van der Waals surface area contributed by atoms with Crippen LogP contribution in [0.15, 0.2) is 48.5 Å². The molecule has 1 heterocycles. The molecule has 3 rings (SSSR count). The number of urea groups is 1. The Balaban J connectivity index is 1.90. The molecule has 0 saturated carbocycles. The van der Waals surface area contributed by atoms with Crippen LogP contribution in [0.3, 0.4) is 0 Å². The Labute approximate surface area is 214 Å². The van der Waals surface area contributed by atoms with Gasteiger partial charge in [0, 0.05) is 58.1 Å². The number of anilines is 1. The maximum Gasteiger partial charge on any atom is 0.319 e. The maximum atomic E-state index is 13.4. The van der Waals surface area contributed by atoms with E-state index in [9.17, 15) is 9.59 Å². The average Bonchev–Trinajstić information content (AvgIpc) is 2.88. The summed E-state index contributed by atoms with van der Waals surface area (Å²) in [7, 11) is 3.49. The number of ether oxygens (including phenoxy) is 2. The van der Waals surface area contributed by atoms with Gasteiger partial charge in [0.05, 0.1) is 11.7 Å². The minimum Gasteiger partial charge on any atom is -0.491 e. The third-order valence-corrected chi connectivity index (χ3v) is 6.60. The minimum atomic E-state index is -0.285. The lowest BCUT2D eigenvalue weighted by Gasteiger charge is -2.36. The summed E-state index contributed by atoms with van der Waals surface area (Å²) >= 11 is 0. The van der Waals surface area contributed by atoms with Crippen molar-refractivity contribution in [3.63, 3.8) is 0 Å². The molecule has 0 radical (unpaired) electrons. The van der Waals surface area contributed by atoms with Crippen molar-refractivity contribution in [2.45, 2.75) is 45.9 Å². The number of nitrogens with zero attached hydrogens (tertiary/aromatic N) is 2. The van der Waals surface area contributed by atoms with Gasteiger partial charge in [-0.1, -0.05) is 44.2 Å². The highest BCUT2D eigenvalue weighted by Crippen LogP contribution is 2.27. The summed E-state index contributed by atoms with van der Waals surface area (Å²) in [5.74, 6) is 0.508. The number of hydrogen-bond acceptors (Lipinski definition) is 5. The van der Waals surface area contributed by atoms with Gasteiger partial charge >= 0.3 is 6.03 Å². The van der Waals surface area contributed by atoms with Gasteiger partial charge in [-0.2, -0.15) is 0 Å². The summed E-state index contributed by atoms with van der Waals surface area (Å²) in [5, 5.41) is 5.63. The van der Waals surface area contributed by atoms with Crippen molar-refractivity contribution < 1.29 is 19.1 Å². The van der Waals surface area contributed by atoms with Crippen LogP contribution in [0.1, 0.15) is 43.1 Å². The lowest BCUT2D eigenvalue weighted by atomic mass is 10.0. The molecule has 2 aromatic rings. The molecule has 3 amide bonds. The van der Waals surface area contributed by atoms with Crippen molar-refractivity contribution in [2.75, 3.05) is 45.7 Å². The van der Waals surface area contributed by atoms with E-state index in [1.165, 1.54) is 5.56 Å². The van der Waals surface area contributed by atoms with Crippen molar-refractivity contribution in [1.82, 2.24) is 15.1 Å². The Bertz CT molecular complexity index is 1000. The quantitative estimate of drug-likeness (QED) is 0.626. The zero-order chi connectivity index (χ0) is 26.1. The SMILES string of the molecule is CCCNC(=O)Nc1ccc2c(c1)OC[C@H](C)N(Cc1ccccc1)C[C@@H](C)[C@H](OC)CN(C)C2=O. The molecule has 0 aliphatic carbocycles. The fourth-order valence-electron chi connectivity index (χ4n) is 4.38. The van der Waals surface area contributed by atoms with Gasteiger partial charge in [0.15, 0.2) is 0 Å². The van der Waals surface area contributed by atoms with Crippen LogP contribution < -0.4 is 15.4 Å². The van der Waals surface area contributed by atoms with Gasteiger partial charge in [-0.15, -0.1) is 0 Å². The second-order valence-corrected chi connectivity index (χ2v) is 9.60. The lowest BCUT2D eigenvalue weighted by Crippen LogP contribution is -2.46. The minimum absolute atomic E-state index is 0.0785. The third kappa shape index (κ3) is 7.45. The van der Waals surface area contributed by atoms with E-state index in [1.807, 2.05) is 13.0 Å². The number of rotatable bonds is 6. The molecule has 0 spiro atoms. The maximum absolute atomic E-state index is 13.4. The Morgan fingerprint density at radius 1 is 1.14 bits per heavy atom. The van der Waals surface area contributed by atoms with Gasteiger partial charge in [-0.3, -0.25) is 9.69 Å². The third-order valence-electron chi connectivity index (χ3n) is 6.60. The Morgan fingerprint density at radius 3 is 2.58 bits per heavy atom. The number of carbonyl (C=O) groups is 2. The van der Waals surface area contributed by atoms with Gasteiger partial charge in [0.25, 0.3) is 5.91 Å². The second kappa shape index (κ2) is 13.3. The van der Waals surface area contributed by atoms with Crippen LogP contribution in [0.5, 0.6) is 5.75 Å². The van der Waals surface area contributed by atoms with Crippen LogP contribution in [0.4, 0.5) is 10.5 Å². The van der Waals surface area contributed by atoms with Crippen molar-refractivity contribution in [3.05, 3.63) is 59.7 Å². The fourth-order valence-corrected chi connectivity index (χ4v) is 4.38. The van der Waals surface area contributed by atoms with E-state index >= 15 is 0 Å². The van der Waals surface area contributed by atoms with Crippen LogP contribution in [-0.4, -0.2) is 74.3 Å². The van der Waals surface area contributed by atoms with Crippen LogP contribution in [0, 0.1) is 5.92 Å². The van der Waals surface area contributed by atoms with Crippen molar-refractivity contribution >= 4 is 17.6 Å². The molecule has 0 unspecified atom stereocenters. The summed E-state index contributed by atoms with van der Waals surface area (Å²) in [6.07, 6.45) is 0.733. The van der Waals surface area contributed by atoms with Gasteiger partial charge in [0.2, 0.25) is 0 Å². The fraction of sp³-hybridized carbons (Fsp3) is 0.500. The molecule has 0 aromatic heterocycles. The predicted molar refractivity (Wildman–Crippen MR) is 142 cm³/mol. The van der Waals surface area contributed by atoms with E-state index in [2.05, 4.69) is 53.6 Å². The molecular weight excluding hydrogens is 456 g/mol. The van der Waals surface area contributed by atoms with Crippen LogP contribution in [0.2, 0.25) is 0 Å². The van der Waals surface area contributed by atoms with Gasteiger partial charge in [-0.25, -0.2) is 4.79 Å². The van der Waals surface area contributed by atoms with Gasteiger partial charge < -0.3 is 25.0 Å². The first-order chi connectivity index (χ1) is 17.3. The summed E-state index contributed by atoms with van der Waals surface area (Å²) < 4.78 is 12.1. The number of amides is 3. The molecule has 3 atom stereocenters. The van der Waals surface area contributed by atoms with E-state index < -0.39 is 0 Å². The van der Waals surface area contributed by atoms with Gasteiger partial charge in [0.1, 0.15) is 12.4 Å². The number of methoxy groups -OCH3 is 1. The highest BCUT2D eigenvalue weighted by molar-refractivity contribution is 5.98. The average molecular weight is 497 g/mol. The molecule has 1 aliphatic rings. The lowest BCUT2D eigenvalue weighted by molar-refractivity contribution is 0.00922. The Morgan fingerprint density at radius 2 is 1.89 bits per heavy atom. The zero-order valence-corrected chi connectivity index (χ0v) is 22.1. The topological polar surface area (TPSA) is 83.1 Å². The molecule has 36 heavy (non-hydrogen) atoms. The Kier molecular flexibility index (Phi) is 10.1. The smallest absolute Gasteiger partial charge is 0.319 e. The first kappa shape index (κ1) is 27.5. The van der Waals surface area contributed by atoms with E-state index in [0.717, 1.165) is 19.5 Å². The number of carbonyl (C=O) groups excluding carboxylic acids is 2. The summed E-state index contributed by atoms with van der Waals surface area (Å²) in [4.78, 5) is 29.6. The van der Waals surface area contributed by atoms with E-state index in [4.69, 9.17) is 9.47 Å². The highest BCUT2D eigenvalue weighted by atomic mass is 16.5. The number of fused-ring (bicyclic) bond motifs is 1. The molecule has 2 N–H and O–H groups in total. The summed E-state index contributed by atoms with van der Waals surface area (Å²) in [6, 6.07) is 15.4. The molecule has 2 aromatic carbocycles. The van der Waals surface area contributed by atoms with Crippen LogP contribution >= 0.6 is 0 Å². The van der Waals surface area contributed by atoms with Crippen molar-refractivity contribution in [2.24, 2.45) is 5.92 Å². The normalized spacial score (nSPS) is 21.5. The predicted octanol–water partition coefficient (Wildman–Crippen LogP) is 4.22. The molecular formula is C28H40N4O4. The summed E-state index contributed by atoms with van der Waals surface area (Å²) in [6.45, 7) is 9.32. The highest BCUT2D eigenvalue weighted by Gasteiger charge is 2.28. The van der Waals surface area contributed by atoms with Crippen LogP contribution in [-0.2, 0) is 11.3 Å². The monoisotopic (exact) mass is 496 g/mol. The molecule has 196 valence electrons. The number of nitrogens with one attached hydrogen (secondary N) is 2. The zero-order valence-electron chi connectivity index (χ0n) is 22.1. The van der Waals surface area contributed by atoms with E-state index in [0.29, 0.717) is 36.7 Å². The van der Waals surface area contributed by atoms with Crippen LogP contribution in [0.25, 0.3) is 0 Å². The number of benzene rings is 2. The molecule has 1 aliphatic heterocycles. The number of hydrogen-bond donors (Lipinski definition) is 2. The molecule has 8 nitrogen and oxygen atoms in total. The molecule has 0 saturated heterocycles. The first-order valence-electron chi connectivity index (χ1n) is 12.7. The van der Waals surface area contributed by atoms with E-state index in [1.54, 1.807) is 37.3 Å².